The molecule has 0 saturated heterocycles. The van der Waals surface area contributed by atoms with Crippen LogP contribution in [0.25, 0.3) is 5.65 Å². The van der Waals surface area contributed by atoms with Crippen molar-refractivity contribution >= 4 is 5.65 Å². The normalized spacial score (nSPS) is 11.1. The van der Waals surface area contributed by atoms with E-state index in [1.807, 2.05) is 0 Å². The average molecular weight is 273 g/mol. The van der Waals surface area contributed by atoms with Gasteiger partial charge in [0.05, 0.1) is 12.7 Å². The Labute approximate surface area is 113 Å². The lowest BCUT2D eigenvalue weighted by Crippen LogP contribution is -2.21. The third kappa shape index (κ3) is 2.19. The fraction of sp³-hybridized carbons (Fsp3) is 0.154. The van der Waals surface area contributed by atoms with E-state index in [1.165, 1.54) is 39.8 Å². The first kappa shape index (κ1) is 12.5. The Morgan fingerprint density at radius 3 is 2.80 bits per heavy atom. The van der Waals surface area contributed by atoms with Crippen molar-refractivity contribution in [3.63, 3.8) is 0 Å². The number of rotatable bonds is 3. The van der Waals surface area contributed by atoms with E-state index in [0.717, 1.165) is 0 Å². The maximum atomic E-state index is 13.4. The van der Waals surface area contributed by atoms with Gasteiger partial charge in [-0.2, -0.15) is 0 Å². The van der Waals surface area contributed by atoms with Gasteiger partial charge in [0.25, 0.3) is 0 Å². The van der Waals surface area contributed by atoms with Crippen molar-refractivity contribution in [1.82, 2.24) is 19.2 Å². The fourth-order valence-electron chi connectivity index (χ4n) is 2.08. The molecule has 0 radical (unpaired) electrons. The third-order valence-corrected chi connectivity index (χ3v) is 2.97. The monoisotopic (exact) mass is 273 g/mol. The largest absolute Gasteiger partial charge is 0.350 e. The van der Waals surface area contributed by atoms with E-state index in [9.17, 15) is 9.18 Å². The van der Waals surface area contributed by atoms with Gasteiger partial charge in [0.1, 0.15) is 5.82 Å². The molecule has 1 aromatic carbocycles. The molecule has 0 amide bonds. The predicted molar refractivity (Wildman–Crippen MR) is 70.6 cm³/mol. The van der Waals surface area contributed by atoms with E-state index in [2.05, 4.69) is 10.1 Å². The van der Waals surface area contributed by atoms with Crippen LogP contribution in [0.15, 0.2) is 41.6 Å². The Balaban J connectivity index is 2.03. The molecule has 0 aliphatic heterocycles. The number of halogens is 1. The summed E-state index contributed by atoms with van der Waals surface area (Å²) >= 11 is 0. The molecule has 0 fully saturated rings. The molecule has 0 saturated carbocycles. The van der Waals surface area contributed by atoms with E-state index < -0.39 is 0 Å². The molecular weight excluding hydrogens is 261 g/mol. The van der Waals surface area contributed by atoms with Crippen LogP contribution in [0.1, 0.15) is 11.1 Å². The Morgan fingerprint density at radius 1 is 1.25 bits per heavy atom. The molecule has 2 aromatic heterocycles. The highest BCUT2D eigenvalue weighted by Gasteiger charge is 2.08. The molecule has 0 aliphatic carbocycles. The topological polar surface area (TPSA) is 78.2 Å². The molecule has 2 N–H and O–H groups in total. The van der Waals surface area contributed by atoms with E-state index >= 15 is 0 Å². The minimum absolute atomic E-state index is 0.186. The molecule has 102 valence electrons. The maximum absolute atomic E-state index is 13.4. The van der Waals surface area contributed by atoms with E-state index in [1.54, 1.807) is 6.07 Å². The first-order chi connectivity index (χ1) is 9.67. The minimum Gasteiger partial charge on any atom is -0.326 e. The second-order valence-electron chi connectivity index (χ2n) is 4.42. The molecule has 3 rings (SSSR count). The molecule has 0 spiro atoms. The summed E-state index contributed by atoms with van der Waals surface area (Å²) in [5.74, 6) is -0.374. The Hall–Kier alpha value is -2.54. The second kappa shape index (κ2) is 4.86. The zero-order valence-electron chi connectivity index (χ0n) is 10.5. The van der Waals surface area contributed by atoms with Crippen molar-refractivity contribution in [2.24, 2.45) is 5.73 Å². The fourth-order valence-corrected chi connectivity index (χ4v) is 2.08. The van der Waals surface area contributed by atoms with Crippen LogP contribution in [0.4, 0.5) is 4.39 Å². The standard InChI is InChI=1S/C13H12FN5O/c14-11-4-9(6-15)3-10(5-11)8-19-13(20)18-2-1-16-7-12(18)17-19/h1-5,7H,6,8,15H2. The van der Waals surface area contributed by atoms with Gasteiger partial charge in [-0.3, -0.25) is 4.98 Å². The third-order valence-electron chi connectivity index (χ3n) is 2.97. The van der Waals surface area contributed by atoms with Gasteiger partial charge < -0.3 is 5.73 Å². The molecule has 0 atom stereocenters. The van der Waals surface area contributed by atoms with E-state index in [-0.39, 0.29) is 24.6 Å². The molecule has 0 aliphatic rings. The number of hydrogen-bond donors (Lipinski definition) is 1. The molecular formula is C13H12FN5O. The predicted octanol–water partition coefficient (Wildman–Crippen LogP) is 0.537. The summed E-state index contributed by atoms with van der Waals surface area (Å²) in [5.41, 5.74) is 6.99. The van der Waals surface area contributed by atoms with Crippen LogP contribution in [-0.4, -0.2) is 19.2 Å². The smallest absolute Gasteiger partial charge is 0.326 e. The lowest BCUT2D eigenvalue weighted by molar-refractivity contribution is 0.613. The van der Waals surface area contributed by atoms with Gasteiger partial charge in [0, 0.05) is 18.9 Å². The zero-order chi connectivity index (χ0) is 14.1. The summed E-state index contributed by atoms with van der Waals surface area (Å²) < 4.78 is 16.1. The first-order valence-corrected chi connectivity index (χ1v) is 6.05. The van der Waals surface area contributed by atoms with Crippen molar-refractivity contribution in [1.29, 1.82) is 0 Å². The summed E-state index contributed by atoms with van der Waals surface area (Å²) in [5, 5.41) is 4.14. The Bertz CT molecular complexity index is 823. The number of benzene rings is 1. The van der Waals surface area contributed by atoms with Crippen LogP contribution >= 0.6 is 0 Å². The quantitative estimate of drug-likeness (QED) is 0.755. The van der Waals surface area contributed by atoms with Gasteiger partial charge in [-0.15, -0.1) is 5.10 Å². The van der Waals surface area contributed by atoms with Crippen molar-refractivity contribution in [2.75, 3.05) is 0 Å². The van der Waals surface area contributed by atoms with E-state index in [4.69, 9.17) is 5.73 Å². The highest BCUT2D eigenvalue weighted by atomic mass is 19.1. The summed E-state index contributed by atoms with van der Waals surface area (Å²) in [7, 11) is 0. The number of aromatic nitrogens is 4. The van der Waals surface area contributed by atoms with Crippen LogP contribution in [0, 0.1) is 5.82 Å². The van der Waals surface area contributed by atoms with Gasteiger partial charge in [-0.1, -0.05) is 6.07 Å². The van der Waals surface area contributed by atoms with Gasteiger partial charge in [-0.25, -0.2) is 18.3 Å². The van der Waals surface area contributed by atoms with Gasteiger partial charge in [0.15, 0.2) is 5.65 Å². The number of fused-ring (bicyclic) bond motifs is 1. The highest BCUT2D eigenvalue weighted by Crippen LogP contribution is 2.10. The molecule has 0 unspecified atom stereocenters. The van der Waals surface area contributed by atoms with Crippen molar-refractivity contribution in [3.8, 4) is 0 Å². The average Bonchev–Trinajstić information content (AvgIpc) is 2.75. The molecule has 3 aromatic rings. The highest BCUT2D eigenvalue weighted by molar-refractivity contribution is 5.32. The summed E-state index contributed by atoms with van der Waals surface area (Å²) in [6, 6.07) is 4.51. The SMILES string of the molecule is NCc1cc(F)cc(Cn2nc3cnccn3c2=O)c1. The number of hydrogen-bond acceptors (Lipinski definition) is 4. The lowest BCUT2D eigenvalue weighted by atomic mass is 10.1. The molecule has 2 heterocycles. The molecule has 20 heavy (non-hydrogen) atoms. The van der Waals surface area contributed by atoms with Gasteiger partial charge in [-0.05, 0) is 23.3 Å². The lowest BCUT2D eigenvalue weighted by Gasteiger charge is -2.04. The molecule has 0 bridgehead atoms. The summed E-state index contributed by atoms with van der Waals surface area (Å²) in [6.45, 7) is 0.431. The number of nitrogens with two attached hydrogens (primary N) is 1. The van der Waals surface area contributed by atoms with Crippen molar-refractivity contribution < 1.29 is 4.39 Å². The van der Waals surface area contributed by atoms with Crippen LogP contribution < -0.4 is 11.4 Å². The summed E-state index contributed by atoms with van der Waals surface area (Å²) in [4.78, 5) is 16.0. The van der Waals surface area contributed by atoms with Crippen LogP contribution in [0.5, 0.6) is 0 Å². The zero-order valence-corrected chi connectivity index (χ0v) is 10.5. The van der Waals surface area contributed by atoms with Crippen molar-refractivity contribution in [2.45, 2.75) is 13.1 Å². The van der Waals surface area contributed by atoms with Crippen LogP contribution in [0.3, 0.4) is 0 Å². The van der Waals surface area contributed by atoms with Gasteiger partial charge in [0.2, 0.25) is 0 Å². The minimum atomic E-state index is -0.374. The molecule has 7 heteroatoms. The Morgan fingerprint density at radius 2 is 2.05 bits per heavy atom. The molecule has 6 nitrogen and oxygen atoms in total. The maximum Gasteiger partial charge on any atom is 0.350 e. The Kier molecular flexibility index (Phi) is 3.03. The second-order valence-corrected chi connectivity index (χ2v) is 4.42. The first-order valence-electron chi connectivity index (χ1n) is 6.05. The van der Waals surface area contributed by atoms with E-state index in [0.29, 0.717) is 16.8 Å². The van der Waals surface area contributed by atoms with Crippen molar-refractivity contribution in [3.05, 3.63) is 64.2 Å². The summed E-state index contributed by atoms with van der Waals surface area (Å²) in [6.07, 6.45) is 4.54. The number of nitrogens with zero attached hydrogens (tertiary/aromatic N) is 4. The van der Waals surface area contributed by atoms with Gasteiger partial charge >= 0.3 is 5.69 Å². The van der Waals surface area contributed by atoms with Crippen LogP contribution in [-0.2, 0) is 13.1 Å². The van der Waals surface area contributed by atoms with Crippen LogP contribution in [0.2, 0.25) is 0 Å².